The molecule has 2 aromatic heterocycles. The first-order valence-corrected chi connectivity index (χ1v) is 8.90. The summed E-state index contributed by atoms with van der Waals surface area (Å²) in [6, 6.07) is 1.88. The summed E-state index contributed by atoms with van der Waals surface area (Å²) in [5.41, 5.74) is 5.72. The predicted molar refractivity (Wildman–Crippen MR) is 109 cm³/mol. The van der Waals surface area contributed by atoms with E-state index in [4.69, 9.17) is 7.85 Å². The number of hydrogen-bond donors (Lipinski definition) is 3. The highest BCUT2D eigenvalue weighted by Gasteiger charge is 2.10. The van der Waals surface area contributed by atoms with Gasteiger partial charge in [0.1, 0.15) is 13.5 Å². The first-order valence-electron chi connectivity index (χ1n) is 7.62. The molecule has 11 heteroatoms. The molecule has 0 fully saturated rings. The van der Waals surface area contributed by atoms with Crippen LogP contribution in [0.5, 0.6) is 0 Å². The monoisotopic (exact) mass is 370 g/mol. The van der Waals surface area contributed by atoms with Crippen LogP contribution in [0.2, 0.25) is 0 Å². The van der Waals surface area contributed by atoms with Crippen molar-refractivity contribution in [1.82, 2.24) is 20.2 Å². The molecule has 0 aliphatic carbocycles. The molecule has 0 aromatic carbocycles. The quantitative estimate of drug-likeness (QED) is 0.303. The summed E-state index contributed by atoms with van der Waals surface area (Å²) in [6.45, 7) is 2.15. The van der Waals surface area contributed by atoms with Gasteiger partial charge in [0.05, 0.1) is 12.1 Å². The van der Waals surface area contributed by atoms with E-state index in [9.17, 15) is 5.21 Å². The van der Waals surface area contributed by atoms with E-state index in [1.54, 1.807) is 25.0 Å². The van der Waals surface area contributed by atoms with Crippen molar-refractivity contribution in [3.8, 4) is 0 Å². The third-order valence-corrected chi connectivity index (χ3v) is 3.57. The molecule has 0 saturated heterocycles. The lowest BCUT2D eigenvalue weighted by Crippen LogP contribution is -2.29. The van der Waals surface area contributed by atoms with Crippen LogP contribution in [0.3, 0.4) is 0 Å². The predicted octanol–water partition coefficient (Wildman–Crippen LogP) is 1.03. The number of pyridine rings is 1. The minimum Gasteiger partial charge on any atom is -0.371 e. The molecule has 3 N–H and O–H groups in total. The molecule has 2 radical (unpaired) electrons. The second-order valence-electron chi connectivity index (χ2n) is 4.97. The number of hydrogen-bond acceptors (Lipinski definition) is 8. The van der Waals surface area contributed by atoms with Crippen molar-refractivity contribution >= 4 is 60.1 Å². The Morgan fingerprint density at radius 2 is 2.27 bits per heavy atom. The Balaban J connectivity index is 2.20. The van der Waals surface area contributed by atoms with Crippen LogP contribution in [-0.2, 0) is 0 Å². The number of aromatic nitrogens is 3. The molecule has 2 rings (SSSR count). The maximum Gasteiger partial charge on any atom is 0.245 e. The van der Waals surface area contributed by atoms with Crippen molar-refractivity contribution < 1.29 is 5.21 Å². The van der Waals surface area contributed by atoms with E-state index in [1.165, 1.54) is 22.6 Å². The number of nitrogens with zero attached hydrogens (tertiary/aromatic N) is 6. The van der Waals surface area contributed by atoms with E-state index in [1.807, 2.05) is 24.7 Å². The molecule has 0 bridgehead atoms. The molecule has 0 aliphatic heterocycles. The zero-order chi connectivity index (χ0) is 18.9. The zero-order valence-corrected chi connectivity index (χ0v) is 15.5. The van der Waals surface area contributed by atoms with Crippen LogP contribution in [0, 0.1) is 6.92 Å². The lowest BCUT2D eigenvalue weighted by molar-refractivity contribution is 0.229. The number of aryl methyl sites for hydroxylation is 1. The lowest BCUT2D eigenvalue weighted by Gasteiger charge is -2.07. The maximum atomic E-state index is 9.38. The van der Waals surface area contributed by atoms with Gasteiger partial charge in [-0.25, -0.2) is 20.4 Å². The highest BCUT2D eigenvalue weighted by atomic mass is 32.2. The standard InChI is InChI=1S/C15H19BN8OS/c1-10-4-5-19-13(17-2)12(10)18-6-7-20-15(23-25)24-14(21-9-26-3)11(16)8-22-24/h4-6,8-9,25H,7H2,1-3H3,(H,17,19)(H,20,23)/b18-6?,21-9+. The summed E-state index contributed by atoms with van der Waals surface area (Å²) in [5, 5.41) is 16.4. The number of anilines is 1. The Bertz CT molecular complexity index is 833. The fourth-order valence-electron chi connectivity index (χ4n) is 2.05. The highest BCUT2D eigenvalue weighted by molar-refractivity contribution is 8.11. The van der Waals surface area contributed by atoms with Gasteiger partial charge in [-0.15, -0.1) is 11.8 Å². The molecule has 26 heavy (non-hydrogen) atoms. The molecule has 0 atom stereocenters. The van der Waals surface area contributed by atoms with Crippen molar-refractivity contribution in [1.29, 1.82) is 0 Å². The Morgan fingerprint density at radius 3 is 2.96 bits per heavy atom. The first-order chi connectivity index (χ1) is 12.6. The van der Waals surface area contributed by atoms with Gasteiger partial charge < -0.3 is 5.32 Å². The number of rotatable bonds is 6. The highest BCUT2D eigenvalue weighted by Crippen LogP contribution is 2.25. The molecule has 2 heterocycles. The molecular formula is C15H19BN8OS. The number of nitrogens with one attached hydrogen (secondary N) is 2. The van der Waals surface area contributed by atoms with E-state index in [0.717, 1.165) is 11.3 Å². The third-order valence-electron chi connectivity index (χ3n) is 3.26. The summed E-state index contributed by atoms with van der Waals surface area (Å²) >= 11 is 1.42. The molecule has 0 aliphatic rings. The normalized spacial score (nSPS) is 12.2. The molecule has 9 nitrogen and oxygen atoms in total. The van der Waals surface area contributed by atoms with Crippen LogP contribution in [-0.4, -0.2) is 65.4 Å². The Hall–Kier alpha value is -2.66. The smallest absolute Gasteiger partial charge is 0.245 e. The second kappa shape index (κ2) is 9.73. The summed E-state index contributed by atoms with van der Waals surface area (Å²) in [6.07, 6.45) is 6.63. The Labute approximate surface area is 157 Å². The van der Waals surface area contributed by atoms with Gasteiger partial charge in [0, 0.05) is 25.7 Å². The van der Waals surface area contributed by atoms with Crippen LogP contribution < -0.4 is 16.3 Å². The second-order valence-corrected chi connectivity index (χ2v) is 5.65. The molecule has 2 aromatic rings. The molecule has 0 spiro atoms. The molecule has 0 unspecified atom stereocenters. The summed E-state index contributed by atoms with van der Waals surface area (Å²) in [4.78, 5) is 17.0. The lowest BCUT2D eigenvalue weighted by atomic mass is 10.0. The van der Waals surface area contributed by atoms with Crippen LogP contribution >= 0.6 is 11.8 Å². The van der Waals surface area contributed by atoms with Crippen molar-refractivity contribution in [2.24, 2.45) is 15.0 Å². The minimum absolute atomic E-state index is 0.0816. The average Bonchev–Trinajstić information content (AvgIpc) is 3.01. The van der Waals surface area contributed by atoms with Crippen LogP contribution in [0.4, 0.5) is 17.3 Å². The average molecular weight is 370 g/mol. The van der Waals surface area contributed by atoms with Gasteiger partial charge in [-0.05, 0) is 30.3 Å². The molecular weight excluding hydrogens is 351 g/mol. The van der Waals surface area contributed by atoms with Gasteiger partial charge >= 0.3 is 0 Å². The van der Waals surface area contributed by atoms with Crippen LogP contribution in [0.1, 0.15) is 5.56 Å². The van der Waals surface area contributed by atoms with Crippen molar-refractivity contribution in [3.05, 3.63) is 24.0 Å². The van der Waals surface area contributed by atoms with Gasteiger partial charge in [-0.2, -0.15) is 9.78 Å². The van der Waals surface area contributed by atoms with Gasteiger partial charge in [0.2, 0.25) is 5.96 Å². The van der Waals surface area contributed by atoms with Gasteiger partial charge in [0.25, 0.3) is 0 Å². The summed E-state index contributed by atoms with van der Waals surface area (Å²) < 4.78 is 1.31. The van der Waals surface area contributed by atoms with Gasteiger partial charge in [-0.3, -0.25) is 10.2 Å². The van der Waals surface area contributed by atoms with Crippen LogP contribution in [0.25, 0.3) is 0 Å². The number of aliphatic imine (C=N–C) groups is 3. The van der Waals surface area contributed by atoms with Crippen molar-refractivity contribution in [2.45, 2.75) is 6.92 Å². The SMILES string of the molecule is [B]c1cnn(C(=NCC=Nc2c(C)ccnc2NC)NO)c1/N=C/SC. The fraction of sp³-hybridized carbons (Fsp3) is 0.267. The molecule has 134 valence electrons. The zero-order valence-electron chi connectivity index (χ0n) is 14.7. The third kappa shape index (κ3) is 4.70. The first kappa shape index (κ1) is 19.7. The number of thioether (sulfide) groups is 1. The van der Waals surface area contributed by atoms with E-state index in [0.29, 0.717) is 17.1 Å². The Morgan fingerprint density at radius 1 is 1.46 bits per heavy atom. The molecule has 0 amide bonds. The summed E-state index contributed by atoms with van der Waals surface area (Å²) in [7, 11) is 7.63. The van der Waals surface area contributed by atoms with E-state index < -0.39 is 0 Å². The van der Waals surface area contributed by atoms with Gasteiger partial charge in [-0.1, -0.05) is 0 Å². The van der Waals surface area contributed by atoms with Gasteiger partial charge in [0.15, 0.2) is 11.6 Å². The minimum atomic E-state index is 0.0816. The van der Waals surface area contributed by atoms with E-state index in [2.05, 4.69) is 30.4 Å². The summed E-state index contributed by atoms with van der Waals surface area (Å²) in [5.74, 6) is 1.13. The Kier molecular flexibility index (Phi) is 7.36. The van der Waals surface area contributed by atoms with Crippen molar-refractivity contribution in [2.75, 3.05) is 25.2 Å². The topological polar surface area (TPSA) is 112 Å². The maximum absolute atomic E-state index is 9.38. The number of hydroxylamine groups is 1. The van der Waals surface area contributed by atoms with E-state index in [-0.39, 0.29) is 12.5 Å². The molecule has 0 saturated carbocycles. The van der Waals surface area contributed by atoms with E-state index >= 15 is 0 Å². The van der Waals surface area contributed by atoms with Crippen LogP contribution in [0.15, 0.2) is 33.4 Å². The van der Waals surface area contributed by atoms with Crippen molar-refractivity contribution in [3.63, 3.8) is 0 Å². The largest absolute Gasteiger partial charge is 0.371 e. The fourth-order valence-corrected chi connectivity index (χ4v) is 2.25.